The van der Waals surface area contributed by atoms with Gasteiger partial charge in [-0.2, -0.15) is 0 Å². The summed E-state index contributed by atoms with van der Waals surface area (Å²) in [5.41, 5.74) is 5.94. The van der Waals surface area contributed by atoms with Crippen LogP contribution < -0.4 is 11.1 Å². The van der Waals surface area contributed by atoms with Crippen LogP contribution in [-0.2, 0) is 0 Å². The van der Waals surface area contributed by atoms with Gasteiger partial charge in [-0.05, 0) is 38.6 Å². The average Bonchev–Trinajstić information content (AvgIpc) is 2.68. The molecule has 1 aliphatic carbocycles. The van der Waals surface area contributed by atoms with Gasteiger partial charge >= 0.3 is 0 Å². The summed E-state index contributed by atoms with van der Waals surface area (Å²) in [6, 6.07) is 2.05. The van der Waals surface area contributed by atoms with Crippen molar-refractivity contribution >= 4 is 0 Å². The van der Waals surface area contributed by atoms with Gasteiger partial charge in [0.15, 0.2) is 0 Å². The van der Waals surface area contributed by atoms with E-state index in [0.29, 0.717) is 6.04 Å². The van der Waals surface area contributed by atoms with Gasteiger partial charge in [0.1, 0.15) is 0 Å². The van der Waals surface area contributed by atoms with Gasteiger partial charge < -0.3 is 11.1 Å². The minimum Gasteiger partial charge on any atom is -0.328 e. The lowest BCUT2D eigenvalue weighted by Gasteiger charge is -2.33. The van der Waals surface area contributed by atoms with Crippen molar-refractivity contribution in [1.29, 1.82) is 0 Å². The van der Waals surface area contributed by atoms with Crippen LogP contribution in [0.4, 0.5) is 0 Å². The van der Waals surface area contributed by atoms with Crippen LogP contribution in [0.2, 0.25) is 0 Å². The fourth-order valence-corrected chi connectivity index (χ4v) is 3.04. The Balaban J connectivity index is 1.75. The van der Waals surface area contributed by atoms with Gasteiger partial charge in [-0.1, -0.05) is 6.92 Å². The number of nitrogens with two attached hydrogens (primary N) is 1. The van der Waals surface area contributed by atoms with Gasteiger partial charge in [-0.15, -0.1) is 0 Å². The Labute approximate surface area is 93.4 Å². The normalized spacial score (nSPS) is 38.4. The van der Waals surface area contributed by atoms with E-state index in [1.54, 1.807) is 0 Å². The Hall–Kier alpha value is -0.120. The van der Waals surface area contributed by atoms with Crippen LogP contribution in [0, 0.1) is 0 Å². The van der Waals surface area contributed by atoms with Crippen molar-refractivity contribution in [2.24, 2.45) is 5.73 Å². The van der Waals surface area contributed by atoms with Crippen LogP contribution in [0.3, 0.4) is 0 Å². The number of rotatable bonds is 3. The predicted octanol–water partition coefficient (Wildman–Crippen LogP) is 0.940. The van der Waals surface area contributed by atoms with Crippen LogP contribution in [0.25, 0.3) is 0 Å². The molecule has 2 rings (SSSR count). The van der Waals surface area contributed by atoms with E-state index in [-0.39, 0.29) is 0 Å². The first kappa shape index (κ1) is 11.4. The SMILES string of the molecule is CCN[C@@H]1CCN(C2CCC(N)CC2)C1. The highest BCUT2D eigenvalue weighted by molar-refractivity contribution is 4.88. The molecule has 1 saturated heterocycles. The molecule has 0 aromatic rings. The molecule has 0 aromatic carbocycles. The highest BCUT2D eigenvalue weighted by Crippen LogP contribution is 2.25. The molecule has 15 heavy (non-hydrogen) atoms. The lowest BCUT2D eigenvalue weighted by atomic mass is 9.91. The average molecular weight is 211 g/mol. The van der Waals surface area contributed by atoms with Gasteiger partial charge in [0.25, 0.3) is 0 Å². The van der Waals surface area contributed by atoms with E-state index in [9.17, 15) is 0 Å². The Bertz CT molecular complexity index is 187. The summed E-state index contributed by atoms with van der Waals surface area (Å²) in [5, 5.41) is 3.56. The highest BCUT2D eigenvalue weighted by atomic mass is 15.2. The third-order valence-corrected chi connectivity index (χ3v) is 3.97. The molecular weight excluding hydrogens is 186 g/mol. The van der Waals surface area contributed by atoms with E-state index in [4.69, 9.17) is 5.73 Å². The lowest BCUT2D eigenvalue weighted by Crippen LogP contribution is -2.41. The fourth-order valence-electron chi connectivity index (χ4n) is 3.04. The molecule has 0 spiro atoms. The summed E-state index contributed by atoms with van der Waals surface area (Å²) in [6.07, 6.45) is 6.43. The van der Waals surface area contributed by atoms with E-state index in [0.717, 1.165) is 18.6 Å². The Morgan fingerprint density at radius 2 is 1.93 bits per heavy atom. The summed E-state index contributed by atoms with van der Waals surface area (Å²) >= 11 is 0. The molecule has 3 nitrogen and oxygen atoms in total. The van der Waals surface area contributed by atoms with E-state index in [2.05, 4.69) is 17.1 Å². The zero-order valence-corrected chi connectivity index (χ0v) is 9.91. The first-order valence-corrected chi connectivity index (χ1v) is 6.52. The summed E-state index contributed by atoms with van der Waals surface area (Å²) in [6.45, 7) is 5.85. The standard InChI is InChI=1S/C12H25N3/c1-2-14-11-7-8-15(9-11)12-5-3-10(13)4-6-12/h10-12,14H,2-9,13H2,1H3/t10?,11-,12?/m1/s1. The Morgan fingerprint density at radius 1 is 1.20 bits per heavy atom. The van der Waals surface area contributed by atoms with E-state index < -0.39 is 0 Å². The topological polar surface area (TPSA) is 41.3 Å². The first-order chi connectivity index (χ1) is 7.29. The van der Waals surface area contributed by atoms with E-state index >= 15 is 0 Å². The predicted molar refractivity (Wildman–Crippen MR) is 63.9 cm³/mol. The van der Waals surface area contributed by atoms with Gasteiger partial charge in [0.2, 0.25) is 0 Å². The summed E-state index contributed by atoms with van der Waals surface area (Å²) < 4.78 is 0. The maximum absolute atomic E-state index is 5.94. The summed E-state index contributed by atoms with van der Waals surface area (Å²) in [5.74, 6) is 0. The van der Waals surface area contributed by atoms with Crippen molar-refractivity contribution in [2.75, 3.05) is 19.6 Å². The van der Waals surface area contributed by atoms with Crippen LogP contribution in [0.1, 0.15) is 39.0 Å². The maximum atomic E-state index is 5.94. The van der Waals surface area contributed by atoms with E-state index in [1.807, 2.05) is 0 Å². The second kappa shape index (κ2) is 5.28. The highest BCUT2D eigenvalue weighted by Gasteiger charge is 2.29. The quantitative estimate of drug-likeness (QED) is 0.730. The largest absolute Gasteiger partial charge is 0.328 e. The number of likely N-dealkylation sites (tertiary alicyclic amines) is 1. The minimum absolute atomic E-state index is 0.480. The van der Waals surface area contributed by atoms with Gasteiger partial charge in [-0.25, -0.2) is 0 Å². The van der Waals surface area contributed by atoms with Crippen molar-refractivity contribution in [1.82, 2.24) is 10.2 Å². The monoisotopic (exact) mass is 211 g/mol. The molecule has 0 aromatic heterocycles. The number of hydrogen-bond donors (Lipinski definition) is 2. The zero-order valence-electron chi connectivity index (χ0n) is 9.91. The van der Waals surface area contributed by atoms with Crippen molar-refractivity contribution in [3.05, 3.63) is 0 Å². The molecule has 2 aliphatic rings. The molecule has 1 heterocycles. The summed E-state index contributed by atoms with van der Waals surface area (Å²) in [4.78, 5) is 2.68. The third-order valence-electron chi connectivity index (χ3n) is 3.97. The van der Waals surface area contributed by atoms with Crippen LogP contribution in [-0.4, -0.2) is 42.7 Å². The second-order valence-electron chi connectivity index (χ2n) is 5.11. The van der Waals surface area contributed by atoms with Crippen LogP contribution >= 0.6 is 0 Å². The van der Waals surface area contributed by atoms with Crippen molar-refractivity contribution in [3.63, 3.8) is 0 Å². The van der Waals surface area contributed by atoms with Crippen LogP contribution in [0.5, 0.6) is 0 Å². The zero-order chi connectivity index (χ0) is 10.7. The summed E-state index contributed by atoms with van der Waals surface area (Å²) in [7, 11) is 0. The maximum Gasteiger partial charge on any atom is 0.0207 e. The number of hydrogen-bond acceptors (Lipinski definition) is 3. The first-order valence-electron chi connectivity index (χ1n) is 6.52. The molecule has 1 saturated carbocycles. The third kappa shape index (κ3) is 2.92. The van der Waals surface area contributed by atoms with Crippen LogP contribution in [0.15, 0.2) is 0 Å². The molecule has 2 fully saturated rings. The molecule has 0 bridgehead atoms. The smallest absolute Gasteiger partial charge is 0.0207 e. The molecular formula is C12H25N3. The van der Waals surface area contributed by atoms with Gasteiger partial charge in [-0.3, -0.25) is 4.90 Å². The van der Waals surface area contributed by atoms with Crippen molar-refractivity contribution in [2.45, 2.75) is 57.2 Å². The second-order valence-corrected chi connectivity index (χ2v) is 5.11. The van der Waals surface area contributed by atoms with Crippen molar-refractivity contribution in [3.8, 4) is 0 Å². The molecule has 3 N–H and O–H groups in total. The Kier molecular flexibility index (Phi) is 4.00. The molecule has 3 heteroatoms. The lowest BCUT2D eigenvalue weighted by molar-refractivity contribution is 0.179. The molecule has 0 radical (unpaired) electrons. The fraction of sp³-hybridized carbons (Fsp3) is 1.00. The molecule has 0 unspecified atom stereocenters. The molecule has 0 amide bonds. The molecule has 88 valence electrons. The Morgan fingerprint density at radius 3 is 2.60 bits per heavy atom. The number of likely N-dealkylation sites (N-methyl/N-ethyl adjacent to an activating group) is 1. The number of nitrogens with one attached hydrogen (secondary N) is 1. The molecule has 1 aliphatic heterocycles. The molecule has 1 atom stereocenters. The minimum atomic E-state index is 0.480. The van der Waals surface area contributed by atoms with Gasteiger partial charge in [0.05, 0.1) is 0 Å². The number of nitrogens with zero attached hydrogens (tertiary/aromatic N) is 1. The van der Waals surface area contributed by atoms with Crippen molar-refractivity contribution < 1.29 is 0 Å². The van der Waals surface area contributed by atoms with Gasteiger partial charge in [0, 0.05) is 31.2 Å². The van der Waals surface area contributed by atoms with E-state index in [1.165, 1.54) is 45.2 Å².